The highest BCUT2D eigenvalue weighted by molar-refractivity contribution is 5.38. The van der Waals surface area contributed by atoms with Gasteiger partial charge in [-0.1, -0.05) is 14.0 Å². The molecule has 4 aromatic heterocycles. The van der Waals surface area contributed by atoms with Gasteiger partial charge < -0.3 is 47.5 Å². The zero-order valence-corrected chi connectivity index (χ0v) is 15.4. The maximum Gasteiger partial charge on any atom is 0.493 e. The predicted octanol–water partition coefficient (Wildman–Crippen LogP) is -2.92. The van der Waals surface area contributed by atoms with Crippen molar-refractivity contribution >= 4 is 35.7 Å². The predicted molar refractivity (Wildman–Crippen MR) is 97.8 cm³/mol. The Hall–Kier alpha value is -5.97. The number of nitrogens with zero attached hydrogens (tertiary/aromatic N) is 15. The van der Waals surface area contributed by atoms with Crippen molar-refractivity contribution in [3.05, 3.63) is 30.3 Å². The third-order valence-corrected chi connectivity index (χ3v) is 3.52. The first-order valence-corrected chi connectivity index (χ1v) is 7.93. The average molecular weight is 462 g/mol. The summed E-state index contributed by atoms with van der Waals surface area (Å²) < 4.78 is 1.82. The van der Waals surface area contributed by atoms with Crippen LogP contribution in [0.4, 0.5) is 35.7 Å². The minimum absolute atomic E-state index is 0.542. The van der Waals surface area contributed by atoms with E-state index in [1.165, 1.54) is 0 Å². The fraction of sp³-hybridized carbons (Fsp3) is 0. The number of hydrogen-bond acceptors (Lipinski definition) is 18. The summed E-state index contributed by atoms with van der Waals surface area (Å²) in [5.41, 5.74) is 16.9. The molecule has 6 N–H and O–H groups in total. The molecule has 4 aromatic rings. The largest absolute Gasteiger partial charge is 0.493 e. The first-order chi connectivity index (χ1) is 15.5. The van der Waals surface area contributed by atoms with Gasteiger partial charge in [0, 0.05) is 15.3 Å². The van der Waals surface area contributed by atoms with Crippen LogP contribution >= 0.6 is 0 Å². The second-order valence-corrected chi connectivity index (χ2v) is 5.55. The van der Waals surface area contributed by atoms with Crippen molar-refractivity contribution in [1.82, 2.24) is 59.2 Å². The Morgan fingerprint density at radius 2 is 0.758 bits per heavy atom. The Morgan fingerprint density at radius 3 is 0.939 bits per heavy atom. The van der Waals surface area contributed by atoms with E-state index >= 15 is 0 Å². The van der Waals surface area contributed by atoms with Crippen LogP contribution in [0.1, 0.15) is 0 Å². The molecule has 0 amide bonds. The van der Waals surface area contributed by atoms with Crippen molar-refractivity contribution in [1.29, 1.82) is 0 Å². The highest BCUT2D eigenvalue weighted by Gasteiger charge is 2.29. The van der Waals surface area contributed by atoms with Crippen LogP contribution in [0.3, 0.4) is 0 Å². The van der Waals surface area contributed by atoms with E-state index < -0.39 is 68.3 Å². The molecule has 0 aliphatic rings. The molecule has 168 valence electrons. The molecule has 4 rings (SSSR count). The van der Waals surface area contributed by atoms with Gasteiger partial charge in [-0.05, 0) is 29.7 Å². The van der Waals surface area contributed by atoms with Crippen molar-refractivity contribution in [2.45, 2.75) is 0 Å². The quantitative estimate of drug-likeness (QED) is 0.191. The van der Waals surface area contributed by atoms with Gasteiger partial charge >= 0.3 is 35.7 Å². The first kappa shape index (κ1) is 20.3. The van der Waals surface area contributed by atoms with Crippen molar-refractivity contribution in [2.24, 2.45) is 0 Å². The summed E-state index contributed by atoms with van der Waals surface area (Å²) in [4.78, 5) is 51.9. The number of hydrogen-bond donors (Lipinski definition) is 3. The molecule has 33 heavy (non-hydrogen) atoms. The van der Waals surface area contributed by atoms with Crippen LogP contribution in [0.15, 0.2) is 0 Å². The Balaban J connectivity index is 1.97. The topological polar surface area (TPSA) is 338 Å². The summed E-state index contributed by atoms with van der Waals surface area (Å²) in [6.45, 7) is 0. The lowest BCUT2D eigenvalue weighted by atomic mass is 10.7. The molecule has 0 unspecified atom stereocenters. The van der Waals surface area contributed by atoms with Crippen LogP contribution in [-0.4, -0.2) is 74.0 Å². The zero-order chi connectivity index (χ0) is 24.0. The fourth-order valence-corrected chi connectivity index (χ4v) is 2.24. The van der Waals surface area contributed by atoms with Gasteiger partial charge in [-0.25, -0.2) is 0 Å². The Kier molecular flexibility index (Phi) is 4.35. The summed E-state index contributed by atoms with van der Waals surface area (Å²) in [7, 11) is 0. The van der Waals surface area contributed by atoms with Gasteiger partial charge in [0.25, 0.3) is 17.8 Å². The van der Waals surface area contributed by atoms with Gasteiger partial charge in [0.1, 0.15) is 0 Å². The van der Waals surface area contributed by atoms with Gasteiger partial charge in [0.15, 0.2) is 0 Å². The molecular formula is C9H6N18O6. The standard InChI is InChI=1S/C9H6N18O6/c10-1-13-7(25(28)29)19-22(1)4-16-5(23-2(11)14-8(20-23)26(30)31)18-6(17-4)24-3(12)15-9(21-24)27(32)33/h(H2,10,13,19)(H2,11,14,20)(H2,12,15,21). The molecule has 0 bridgehead atoms. The first-order valence-electron chi connectivity index (χ1n) is 7.93. The molecule has 0 atom stereocenters. The van der Waals surface area contributed by atoms with Gasteiger partial charge in [-0.2, -0.15) is 15.0 Å². The number of anilines is 3. The van der Waals surface area contributed by atoms with Crippen molar-refractivity contribution in [3.63, 3.8) is 0 Å². The summed E-state index contributed by atoms with van der Waals surface area (Å²) in [6.07, 6.45) is 0. The average Bonchev–Trinajstić information content (AvgIpc) is 3.44. The second kappa shape index (κ2) is 7.07. The molecule has 0 aromatic carbocycles. The van der Waals surface area contributed by atoms with Crippen LogP contribution < -0.4 is 17.2 Å². The Morgan fingerprint density at radius 1 is 0.515 bits per heavy atom. The van der Waals surface area contributed by atoms with E-state index in [0.29, 0.717) is 14.0 Å². The van der Waals surface area contributed by atoms with E-state index in [2.05, 4.69) is 45.2 Å². The zero-order valence-electron chi connectivity index (χ0n) is 15.4. The normalized spacial score (nSPS) is 10.9. The van der Waals surface area contributed by atoms with Crippen LogP contribution in [0, 0.1) is 30.3 Å². The lowest BCUT2D eigenvalue weighted by molar-refractivity contribution is -0.394. The molecule has 0 radical (unpaired) electrons. The second-order valence-electron chi connectivity index (χ2n) is 5.55. The van der Waals surface area contributed by atoms with Gasteiger partial charge in [-0.15, -0.1) is 0 Å². The molecule has 4 heterocycles. The molecule has 0 aliphatic carbocycles. The number of aromatic nitrogens is 12. The maximum absolute atomic E-state index is 11.0. The highest BCUT2D eigenvalue weighted by Crippen LogP contribution is 2.18. The van der Waals surface area contributed by atoms with E-state index in [-0.39, 0.29) is 0 Å². The fourth-order valence-electron chi connectivity index (χ4n) is 2.24. The van der Waals surface area contributed by atoms with Crippen LogP contribution in [-0.2, 0) is 0 Å². The van der Waals surface area contributed by atoms with E-state index in [0.717, 1.165) is 0 Å². The summed E-state index contributed by atoms with van der Waals surface area (Å²) in [5, 5.41) is 43.4. The summed E-state index contributed by atoms with van der Waals surface area (Å²) in [5.74, 6) is -6.03. The Bertz CT molecular complexity index is 1260. The molecule has 0 aliphatic heterocycles. The molecule has 0 saturated carbocycles. The van der Waals surface area contributed by atoms with Crippen molar-refractivity contribution in [3.8, 4) is 17.8 Å². The van der Waals surface area contributed by atoms with E-state index in [9.17, 15) is 30.3 Å². The minimum atomic E-state index is -0.951. The monoisotopic (exact) mass is 462 g/mol. The van der Waals surface area contributed by atoms with E-state index in [1.54, 1.807) is 0 Å². The summed E-state index contributed by atoms with van der Waals surface area (Å²) in [6, 6.07) is 0. The third-order valence-electron chi connectivity index (χ3n) is 3.52. The van der Waals surface area contributed by atoms with Crippen molar-refractivity contribution < 1.29 is 14.8 Å². The number of nitrogen functional groups attached to an aromatic ring is 3. The van der Waals surface area contributed by atoms with Crippen LogP contribution in [0.2, 0.25) is 0 Å². The van der Waals surface area contributed by atoms with Gasteiger partial charge in [0.05, 0.1) is 0 Å². The van der Waals surface area contributed by atoms with Crippen LogP contribution in [0.5, 0.6) is 0 Å². The third kappa shape index (κ3) is 3.45. The number of rotatable bonds is 6. The molecular weight excluding hydrogens is 456 g/mol. The molecule has 0 saturated heterocycles. The lowest BCUT2D eigenvalue weighted by Gasteiger charge is -2.03. The Labute approximate surface area is 176 Å². The van der Waals surface area contributed by atoms with Crippen LogP contribution in [0.25, 0.3) is 17.8 Å². The maximum atomic E-state index is 11.0. The smallest absolute Gasteiger partial charge is 0.390 e. The SMILES string of the molecule is Nc1nc([N+](=O)[O-])nn1-c1nc(-n2nc([N+](=O)[O-])nc2N)nc(-n2nc([N+](=O)[O-])nc2N)n1. The van der Waals surface area contributed by atoms with Gasteiger partial charge in [-0.3, -0.25) is 0 Å². The van der Waals surface area contributed by atoms with Crippen molar-refractivity contribution in [2.75, 3.05) is 17.2 Å². The number of nitro groups is 3. The van der Waals surface area contributed by atoms with E-state index in [4.69, 9.17) is 17.2 Å². The highest BCUT2D eigenvalue weighted by atomic mass is 16.6. The molecule has 0 spiro atoms. The molecule has 24 heteroatoms. The number of nitrogens with two attached hydrogens (primary N) is 3. The lowest BCUT2D eigenvalue weighted by Crippen LogP contribution is -2.17. The minimum Gasteiger partial charge on any atom is -0.390 e. The van der Waals surface area contributed by atoms with Gasteiger partial charge in [0.2, 0.25) is 0 Å². The van der Waals surface area contributed by atoms with E-state index in [1.807, 2.05) is 0 Å². The summed E-state index contributed by atoms with van der Waals surface area (Å²) >= 11 is 0. The molecule has 24 nitrogen and oxygen atoms in total. The molecule has 0 fully saturated rings.